The molecule has 0 aliphatic carbocycles. The number of hydrogen-bond donors (Lipinski definition) is 2. The lowest BCUT2D eigenvalue weighted by Gasteiger charge is -2.32. The van der Waals surface area contributed by atoms with Crippen LogP contribution in [0.3, 0.4) is 0 Å². The minimum absolute atomic E-state index is 0.0262. The number of likely N-dealkylation sites (tertiary alicyclic amines) is 1. The minimum atomic E-state index is -1.00. The first-order valence-electron chi connectivity index (χ1n) is 9.80. The number of carboxylic acid groups (broad SMARTS) is 1. The van der Waals surface area contributed by atoms with Crippen LogP contribution in [0.2, 0.25) is 10.0 Å². The summed E-state index contributed by atoms with van der Waals surface area (Å²) >= 11 is 12.1. The van der Waals surface area contributed by atoms with Gasteiger partial charge in [-0.1, -0.05) is 59.6 Å². The highest BCUT2D eigenvalue weighted by atomic mass is 35.5. The van der Waals surface area contributed by atoms with Gasteiger partial charge in [-0.2, -0.15) is 0 Å². The van der Waals surface area contributed by atoms with Crippen molar-refractivity contribution in [1.29, 1.82) is 0 Å². The Hall–Kier alpha value is -2.28. The topological polar surface area (TPSA) is 72.9 Å². The number of carbonyl (C=O) groups excluding carboxylic acids is 1. The predicted octanol–water partition coefficient (Wildman–Crippen LogP) is 4.08. The molecule has 8 heteroatoms. The molecule has 0 saturated carbocycles. The fourth-order valence-corrected chi connectivity index (χ4v) is 4.11. The molecule has 2 atom stereocenters. The molecule has 1 heterocycles. The number of likely N-dealkylation sites (N-methyl/N-ethyl adjacent to an activating group) is 1. The summed E-state index contributed by atoms with van der Waals surface area (Å²) in [6, 6.07) is 14.9. The average Bonchev–Trinajstić information content (AvgIpc) is 3.15. The van der Waals surface area contributed by atoms with Crippen molar-refractivity contribution in [3.05, 3.63) is 69.7 Å². The highest BCUT2D eigenvalue weighted by Gasteiger charge is 2.29. The normalized spacial score (nSPS) is 17.5. The van der Waals surface area contributed by atoms with Gasteiger partial charge in [0.15, 0.2) is 0 Å². The van der Waals surface area contributed by atoms with E-state index in [2.05, 4.69) is 10.2 Å². The largest absolute Gasteiger partial charge is 0.465 e. The molecule has 160 valence electrons. The van der Waals surface area contributed by atoms with Crippen molar-refractivity contribution in [3.8, 4) is 0 Å². The van der Waals surface area contributed by atoms with E-state index in [0.29, 0.717) is 23.1 Å². The van der Waals surface area contributed by atoms with E-state index in [1.54, 1.807) is 30.1 Å². The third-order valence-corrected chi connectivity index (χ3v) is 6.15. The van der Waals surface area contributed by atoms with Crippen LogP contribution in [0.1, 0.15) is 23.6 Å². The van der Waals surface area contributed by atoms with Crippen LogP contribution in [0.15, 0.2) is 48.5 Å². The summed E-state index contributed by atoms with van der Waals surface area (Å²) in [6.07, 6.45) is -0.0235. The van der Waals surface area contributed by atoms with Crippen molar-refractivity contribution in [2.24, 2.45) is 0 Å². The van der Waals surface area contributed by atoms with Gasteiger partial charge in [-0.25, -0.2) is 4.79 Å². The van der Waals surface area contributed by atoms with Gasteiger partial charge in [-0.15, -0.1) is 0 Å². The second kappa shape index (κ2) is 10.2. The lowest BCUT2D eigenvalue weighted by Crippen LogP contribution is -2.41. The Kier molecular flexibility index (Phi) is 7.58. The van der Waals surface area contributed by atoms with Crippen molar-refractivity contribution >= 4 is 35.2 Å². The number of amides is 2. The SMILES string of the molecule is CN(C(=O)Cc1ccc(Cl)c(Cl)c1)[C@H](CN1CCC(NC(=O)O)C1)c1ccccc1. The highest BCUT2D eigenvalue weighted by molar-refractivity contribution is 6.42. The fourth-order valence-electron chi connectivity index (χ4n) is 3.78. The van der Waals surface area contributed by atoms with Crippen LogP contribution >= 0.6 is 23.2 Å². The van der Waals surface area contributed by atoms with Gasteiger partial charge in [0.2, 0.25) is 5.91 Å². The molecule has 1 fully saturated rings. The van der Waals surface area contributed by atoms with Crippen LogP contribution in [0, 0.1) is 0 Å². The van der Waals surface area contributed by atoms with Crippen molar-refractivity contribution in [3.63, 3.8) is 0 Å². The Bertz CT molecular complexity index is 894. The lowest BCUT2D eigenvalue weighted by molar-refractivity contribution is -0.131. The van der Waals surface area contributed by atoms with Gasteiger partial charge < -0.3 is 15.3 Å². The lowest BCUT2D eigenvalue weighted by atomic mass is 10.0. The maximum absolute atomic E-state index is 13.0. The van der Waals surface area contributed by atoms with E-state index in [0.717, 1.165) is 24.1 Å². The van der Waals surface area contributed by atoms with Gasteiger partial charge in [0, 0.05) is 32.7 Å². The number of nitrogens with one attached hydrogen (secondary N) is 1. The van der Waals surface area contributed by atoms with Crippen molar-refractivity contribution in [2.45, 2.75) is 24.9 Å². The number of nitrogens with zero attached hydrogens (tertiary/aromatic N) is 2. The van der Waals surface area contributed by atoms with Crippen LogP contribution < -0.4 is 5.32 Å². The molecule has 2 amide bonds. The first kappa shape index (κ1) is 22.4. The molecule has 0 spiro atoms. The van der Waals surface area contributed by atoms with Crippen molar-refractivity contribution in [2.75, 3.05) is 26.7 Å². The van der Waals surface area contributed by atoms with Crippen LogP contribution in [-0.2, 0) is 11.2 Å². The van der Waals surface area contributed by atoms with Crippen LogP contribution in [0.5, 0.6) is 0 Å². The van der Waals surface area contributed by atoms with E-state index in [1.165, 1.54) is 0 Å². The second-order valence-corrected chi connectivity index (χ2v) is 8.37. The molecule has 3 rings (SSSR count). The monoisotopic (exact) mass is 449 g/mol. The summed E-state index contributed by atoms with van der Waals surface area (Å²) in [5, 5.41) is 12.4. The van der Waals surface area contributed by atoms with Gasteiger partial charge in [-0.3, -0.25) is 9.69 Å². The maximum Gasteiger partial charge on any atom is 0.404 e. The summed E-state index contributed by atoms with van der Waals surface area (Å²) in [7, 11) is 1.81. The van der Waals surface area contributed by atoms with Crippen LogP contribution in [0.4, 0.5) is 4.79 Å². The molecular formula is C22H25Cl2N3O3. The quantitative estimate of drug-likeness (QED) is 0.667. The first-order valence-corrected chi connectivity index (χ1v) is 10.6. The number of halogens is 2. The van der Waals surface area contributed by atoms with Gasteiger partial charge in [0.1, 0.15) is 0 Å². The summed E-state index contributed by atoms with van der Waals surface area (Å²) in [5.74, 6) is -0.0262. The number of hydrogen-bond acceptors (Lipinski definition) is 3. The van der Waals surface area contributed by atoms with E-state index in [1.807, 2.05) is 30.3 Å². The zero-order valence-corrected chi connectivity index (χ0v) is 18.2. The Balaban J connectivity index is 1.72. The average molecular weight is 450 g/mol. The van der Waals surface area contributed by atoms with E-state index in [9.17, 15) is 9.59 Å². The molecule has 2 aromatic carbocycles. The second-order valence-electron chi connectivity index (χ2n) is 7.55. The van der Waals surface area contributed by atoms with Crippen LogP contribution in [0.25, 0.3) is 0 Å². The number of carbonyl (C=O) groups is 2. The van der Waals surface area contributed by atoms with Gasteiger partial charge in [-0.05, 0) is 29.7 Å². The Morgan fingerprint density at radius 1 is 1.20 bits per heavy atom. The van der Waals surface area contributed by atoms with Crippen molar-refractivity contribution in [1.82, 2.24) is 15.1 Å². The molecule has 1 aliphatic rings. The van der Waals surface area contributed by atoms with Gasteiger partial charge in [0.25, 0.3) is 0 Å². The Labute approximate surface area is 186 Å². The number of rotatable bonds is 7. The standard InChI is InChI=1S/C22H25Cl2N3O3/c1-26(21(28)12-15-7-8-18(23)19(24)11-15)20(16-5-3-2-4-6-16)14-27-10-9-17(13-27)25-22(29)30/h2-8,11,17,20,25H,9-10,12-14H2,1H3,(H,29,30)/t17?,20-/m1/s1. The molecule has 1 aliphatic heterocycles. The van der Waals surface area contributed by atoms with E-state index >= 15 is 0 Å². The Morgan fingerprint density at radius 3 is 2.60 bits per heavy atom. The highest BCUT2D eigenvalue weighted by Crippen LogP contribution is 2.26. The molecular weight excluding hydrogens is 425 g/mol. The minimum Gasteiger partial charge on any atom is -0.465 e. The van der Waals surface area contributed by atoms with E-state index < -0.39 is 6.09 Å². The molecule has 6 nitrogen and oxygen atoms in total. The zero-order valence-electron chi connectivity index (χ0n) is 16.7. The number of benzene rings is 2. The Morgan fingerprint density at radius 2 is 1.93 bits per heavy atom. The molecule has 0 aromatic heterocycles. The van der Waals surface area contributed by atoms with E-state index in [-0.39, 0.29) is 24.4 Å². The smallest absolute Gasteiger partial charge is 0.404 e. The van der Waals surface area contributed by atoms with E-state index in [4.69, 9.17) is 28.3 Å². The third kappa shape index (κ3) is 5.88. The molecule has 30 heavy (non-hydrogen) atoms. The maximum atomic E-state index is 13.0. The molecule has 0 bridgehead atoms. The van der Waals surface area contributed by atoms with Gasteiger partial charge in [0.05, 0.1) is 22.5 Å². The van der Waals surface area contributed by atoms with Gasteiger partial charge >= 0.3 is 6.09 Å². The predicted molar refractivity (Wildman–Crippen MR) is 118 cm³/mol. The van der Waals surface area contributed by atoms with Crippen LogP contribution in [-0.4, -0.2) is 59.6 Å². The zero-order chi connectivity index (χ0) is 21.7. The third-order valence-electron chi connectivity index (χ3n) is 5.42. The molecule has 2 N–H and O–H groups in total. The summed E-state index contributed by atoms with van der Waals surface area (Å²) < 4.78 is 0. The van der Waals surface area contributed by atoms with Crippen molar-refractivity contribution < 1.29 is 14.7 Å². The first-order chi connectivity index (χ1) is 14.3. The summed E-state index contributed by atoms with van der Waals surface area (Å²) in [4.78, 5) is 27.9. The molecule has 1 saturated heterocycles. The fraction of sp³-hybridized carbons (Fsp3) is 0.364. The molecule has 2 aromatic rings. The summed E-state index contributed by atoms with van der Waals surface area (Å²) in [6.45, 7) is 2.04. The summed E-state index contributed by atoms with van der Waals surface area (Å²) in [5.41, 5.74) is 1.84. The molecule has 1 unspecified atom stereocenters. The molecule has 0 radical (unpaired) electrons.